The molecule has 0 bridgehead atoms. The van der Waals surface area contributed by atoms with Gasteiger partial charge in [-0.1, -0.05) is 19.1 Å². The summed E-state index contributed by atoms with van der Waals surface area (Å²) < 4.78 is 0. The number of rotatable bonds is 2. The van der Waals surface area contributed by atoms with E-state index in [1.807, 2.05) is 0 Å². The van der Waals surface area contributed by atoms with Crippen molar-refractivity contribution in [3.8, 4) is 5.75 Å². The number of nitrogens with one attached hydrogen (secondary N) is 1. The summed E-state index contributed by atoms with van der Waals surface area (Å²) in [6.45, 7) is 4.00. The molecule has 1 aliphatic rings. The smallest absolute Gasteiger partial charge is 0.255 e. The van der Waals surface area contributed by atoms with Gasteiger partial charge in [0, 0.05) is 6.04 Å². The Labute approximate surface area is 102 Å². The van der Waals surface area contributed by atoms with Gasteiger partial charge in [-0.15, -0.1) is 0 Å². The maximum Gasteiger partial charge on any atom is 0.255 e. The molecule has 0 aromatic heterocycles. The Hall–Kier alpha value is -1.51. The number of benzene rings is 1. The highest BCUT2D eigenvalue weighted by molar-refractivity contribution is 5.97. The van der Waals surface area contributed by atoms with Crippen LogP contribution in [-0.2, 0) is 0 Å². The molecule has 0 aliphatic heterocycles. The SMILES string of the molecule is Cc1cccc(C(=O)NC2CCC(C)C2)c1O. The average molecular weight is 233 g/mol. The van der Waals surface area contributed by atoms with E-state index in [9.17, 15) is 9.90 Å². The van der Waals surface area contributed by atoms with Gasteiger partial charge in [0.1, 0.15) is 5.75 Å². The molecule has 1 fully saturated rings. The number of hydrogen-bond acceptors (Lipinski definition) is 2. The molecule has 0 saturated heterocycles. The van der Waals surface area contributed by atoms with Crippen LogP contribution in [0.1, 0.15) is 42.1 Å². The molecule has 3 nitrogen and oxygen atoms in total. The van der Waals surface area contributed by atoms with Gasteiger partial charge in [-0.3, -0.25) is 4.79 Å². The van der Waals surface area contributed by atoms with Gasteiger partial charge in [0.25, 0.3) is 5.91 Å². The minimum Gasteiger partial charge on any atom is -0.507 e. The van der Waals surface area contributed by atoms with Crippen LogP contribution in [-0.4, -0.2) is 17.1 Å². The lowest BCUT2D eigenvalue weighted by Crippen LogP contribution is -2.32. The van der Waals surface area contributed by atoms with Crippen molar-refractivity contribution < 1.29 is 9.90 Å². The van der Waals surface area contributed by atoms with Gasteiger partial charge in [-0.05, 0) is 43.7 Å². The molecule has 1 aromatic carbocycles. The number of aromatic hydroxyl groups is 1. The Bertz CT molecular complexity index is 428. The van der Waals surface area contributed by atoms with Crippen LogP contribution >= 0.6 is 0 Å². The van der Waals surface area contributed by atoms with Crippen LogP contribution in [0.3, 0.4) is 0 Å². The zero-order chi connectivity index (χ0) is 12.4. The third-order valence-electron chi connectivity index (χ3n) is 3.51. The summed E-state index contributed by atoms with van der Waals surface area (Å²) in [6.07, 6.45) is 3.25. The molecule has 17 heavy (non-hydrogen) atoms. The fraction of sp³-hybridized carbons (Fsp3) is 0.500. The first-order valence-corrected chi connectivity index (χ1v) is 6.17. The molecule has 1 aromatic rings. The number of hydrogen-bond donors (Lipinski definition) is 2. The first-order chi connectivity index (χ1) is 8.08. The summed E-state index contributed by atoms with van der Waals surface area (Å²) in [5.41, 5.74) is 1.11. The van der Waals surface area contributed by atoms with Crippen LogP contribution in [0.25, 0.3) is 0 Å². The van der Waals surface area contributed by atoms with Crippen LogP contribution in [0.4, 0.5) is 0 Å². The van der Waals surface area contributed by atoms with Crippen molar-refractivity contribution in [2.75, 3.05) is 0 Å². The second-order valence-electron chi connectivity index (χ2n) is 5.06. The third-order valence-corrected chi connectivity index (χ3v) is 3.51. The fourth-order valence-electron chi connectivity index (χ4n) is 2.44. The number of phenolic OH excluding ortho intramolecular Hbond substituents is 1. The zero-order valence-electron chi connectivity index (χ0n) is 10.4. The quantitative estimate of drug-likeness (QED) is 0.825. The predicted molar refractivity (Wildman–Crippen MR) is 67.1 cm³/mol. The maximum atomic E-state index is 12.0. The van der Waals surface area contributed by atoms with Crippen molar-refractivity contribution in [2.45, 2.75) is 39.2 Å². The Morgan fingerprint density at radius 2 is 2.18 bits per heavy atom. The molecule has 2 rings (SSSR count). The monoisotopic (exact) mass is 233 g/mol. The molecule has 0 radical (unpaired) electrons. The highest BCUT2D eigenvalue weighted by Crippen LogP contribution is 2.26. The summed E-state index contributed by atoms with van der Waals surface area (Å²) in [4.78, 5) is 12.0. The number of para-hydroxylation sites is 1. The number of amides is 1. The van der Waals surface area contributed by atoms with Gasteiger partial charge in [-0.25, -0.2) is 0 Å². The number of carbonyl (C=O) groups excluding carboxylic acids is 1. The summed E-state index contributed by atoms with van der Waals surface area (Å²) in [7, 11) is 0. The Balaban J connectivity index is 2.07. The van der Waals surface area contributed by atoms with Crippen molar-refractivity contribution in [3.05, 3.63) is 29.3 Å². The number of aryl methyl sites for hydroxylation is 1. The molecule has 3 heteroatoms. The van der Waals surface area contributed by atoms with Crippen molar-refractivity contribution in [3.63, 3.8) is 0 Å². The molecule has 1 saturated carbocycles. The van der Waals surface area contributed by atoms with Crippen LogP contribution in [0.5, 0.6) is 5.75 Å². The number of carbonyl (C=O) groups is 1. The molecule has 2 N–H and O–H groups in total. The molecule has 1 aliphatic carbocycles. The first-order valence-electron chi connectivity index (χ1n) is 6.17. The second kappa shape index (κ2) is 4.78. The van der Waals surface area contributed by atoms with Crippen LogP contribution in [0, 0.1) is 12.8 Å². The molecule has 2 unspecified atom stereocenters. The van der Waals surface area contributed by atoms with E-state index in [0.717, 1.165) is 18.4 Å². The van der Waals surface area contributed by atoms with Crippen molar-refractivity contribution in [1.82, 2.24) is 5.32 Å². The van der Waals surface area contributed by atoms with E-state index in [0.29, 0.717) is 11.5 Å². The summed E-state index contributed by atoms with van der Waals surface area (Å²) in [5, 5.41) is 12.8. The largest absolute Gasteiger partial charge is 0.507 e. The van der Waals surface area contributed by atoms with Gasteiger partial charge in [0.15, 0.2) is 0 Å². The van der Waals surface area contributed by atoms with Crippen molar-refractivity contribution in [1.29, 1.82) is 0 Å². The normalized spacial score (nSPS) is 23.6. The van der Waals surface area contributed by atoms with Gasteiger partial charge in [0.05, 0.1) is 5.56 Å². The van der Waals surface area contributed by atoms with Gasteiger partial charge in [-0.2, -0.15) is 0 Å². The van der Waals surface area contributed by atoms with Gasteiger partial charge in [0.2, 0.25) is 0 Å². The molecule has 0 spiro atoms. The predicted octanol–water partition coefficient (Wildman–Crippen LogP) is 2.62. The minimum absolute atomic E-state index is 0.0936. The van der Waals surface area contributed by atoms with Crippen molar-refractivity contribution in [2.24, 2.45) is 5.92 Å². The van der Waals surface area contributed by atoms with Crippen LogP contribution < -0.4 is 5.32 Å². The van der Waals surface area contributed by atoms with E-state index in [1.165, 1.54) is 6.42 Å². The zero-order valence-corrected chi connectivity index (χ0v) is 10.4. The van der Waals surface area contributed by atoms with E-state index in [2.05, 4.69) is 12.2 Å². The lowest BCUT2D eigenvalue weighted by atomic mass is 10.1. The summed E-state index contributed by atoms with van der Waals surface area (Å²) >= 11 is 0. The Kier molecular flexibility index (Phi) is 3.36. The fourth-order valence-corrected chi connectivity index (χ4v) is 2.44. The van der Waals surface area contributed by atoms with E-state index in [1.54, 1.807) is 25.1 Å². The maximum absolute atomic E-state index is 12.0. The molecular formula is C14H19NO2. The molecule has 92 valence electrons. The molecule has 1 amide bonds. The Morgan fingerprint density at radius 3 is 2.82 bits per heavy atom. The van der Waals surface area contributed by atoms with Gasteiger partial charge < -0.3 is 10.4 Å². The van der Waals surface area contributed by atoms with Crippen LogP contribution in [0.15, 0.2) is 18.2 Å². The highest BCUT2D eigenvalue weighted by atomic mass is 16.3. The highest BCUT2D eigenvalue weighted by Gasteiger charge is 2.24. The van der Waals surface area contributed by atoms with Crippen molar-refractivity contribution >= 4 is 5.91 Å². The summed E-state index contributed by atoms with van der Waals surface area (Å²) in [6, 6.07) is 5.51. The molecular weight excluding hydrogens is 214 g/mol. The Morgan fingerprint density at radius 1 is 1.41 bits per heavy atom. The molecule has 2 atom stereocenters. The second-order valence-corrected chi connectivity index (χ2v) is 5.06. The van der Waals surface area contributed by atoms with Gasteiger partial charge >= 0.3 is 0 Å². The molecule has 0 heterocycles. The lowest BCUT2D eigenvalue weighted by molar-refractivity contribution is 0.0934. The average Bonchev–Trinajstić information content (AvgIpc) is 2.68. The van der Waals surface area contributed by atoms with Crippen LogP contribution in [0.2, 0.25) is 0 Å². The standard InChI is InChI=1S/C14H19NO2/c1-9-6-7-11(8-9)15-14(17)12-5-3-4-10(2)13(12)16/h3-5,9,11,16H,6-8H2,1-2H3,(H,15,17). The van der Waals surface area contributed by atoms with E-state index < -0.39 is 0 Å². The van der Waals surface area contributed by atoms with E-state index in [-0.39, 0.29) is 17.7 Å². The summed E-state index contributed by atoms with van der Waals surface area (Å²) in [5.74, 6) is 0.618. The third kappa shape index (κ3) is 2.60. The first kappa shape index (κ1) is 12.0. The lowest BCUT2D eigenvalue weighted by Gasteiger charge is -2.13. The van der Waals surface area contributed by atoms with E-state index in [4.69, 9.17) is 0 Å². The minimum atomic E-state index is -0.162. The topological polar surface area (TPSA) is 49.3 Å². The van der Waals surface area contributed by atoms with E-state index >= 15 is 0 Å². The number of phenols is 1.